The number of hydrogen-bond donors (Lipinski definition) is 1. The number of amides is 1. The van der Waals surface area contributed by atoms with Crippen molar-refractivity contribution in [3.63, 3.8) is 0 Å². The third kappa shape index (κ3) is 4.07. The molecule has 0 spiro atoms. The fourth-order valence-electron chi connectivity index (χ4n) is 3.27. The minimum absolute atomic E-state index is 0.00830. The molecule has 1 aliphatic carbocycles. The molecule has 1 aliphatic rings. The average Bonchev–Trinajstić information content (AvgIpc) is 3.14. The highest BCUT2D eigenvalue weighted by molar-refractivity contribution is 5.92. The number of ether oxygens (including phenoxy) is 3. The van der Waals surface area contributed by atoms with E-state index in [9.17, 15) is 4.79 Å². The molecule has 0 fully saturated rings. The number of nitrogens with one attached hydrogen (secondary N) is 1. The van der Waals surface area contributed by atoms with Crippen LogP contribution in [0.1, 0.15) is 24.8 Å². The van der Waals surface area contributed by atoms with Gasteiger partial charge in [-0.3, -0.25) is 4.79 Å². The molecule has 1 aromatic heterocycles. The molecule has 27 heavy (non-hydrogen) atoms. The summed E-state index contributed by atoms with van der Waals surface area (Å²) in [5.74, 6) is 2.41. The second-order valence-corrected chi connectivity index (χ2v) is 6.34. The highest BCUT2D eigenvalue weighted by atomic mass is 16.5. The van der Waals surface area contributed by atoms with Crippen LogP contribution in [-0.2, 0) is 11.3 Å². The summed E-state index contributed by atoms with van der Waals surface area (Å²) in [5.41, 5.74) is 0.870. The molecule has 0 unspecified atom stereocenters. The van der Waals surface area contributed by atoms with E-state index in [1.807, 2.05) is 12.1 Å². The van der Waals surface area contributed by atoms with Gasteiger partial charge in [-0.1, -0.05) is 12.2 Å². The monoisotopic (exact) mass is 371 g/mol. The second-order valence-electron chi connectivity index (χ2n) is 6.34. The molecule has 0 saturated heterocycles. The topological polar surface area (TPSA) is 74.6 Å². The summed E-state index contributed by atoms with van der Waals surface area (Å²) in [6.07, 6.45) is 8.46. The first kappa shape index (κ1) is 18.8. The number of methoxy groups -OCH3 is 3. The molecule has 1 aromatic carbocycles. The number of anilines is 1. The second kappa shape index (κ2) is 8.62. The van der Waals surface area contributed by atoms with Crippen LogP contribution in [0.2, 0.25) is 0 Å². The smallest absolute Gasteiger partial charge is 0.228 e. The number of carbonyl (C=O) groups excluding carboxylic acids is 1. The van der Waals surface area contributed by atoms with Crippen molar-refractivity contribution in [1.29, 1.82) is 0 Å². The predicted octanol–water partition coefficient (Wildman–Crippen LogP) is 3.25. The van der Waals surface area contributed by atoms with E-state index in [1.54, 1.807) is 38.3 Å². The zero-order valence-corrected chi connectivity index (χ0v) is 15.9. The molecule has 0 radical (unpaired) electrons. The van der Waals surface area contributed by atoms with Gasteiger partial charge >= 0.3 is 0 Å². The molecule has 0 saturated carbocycles. The Morgan fingerprint density at radius 2 is 1.96 bits per heavy atom. The van der Waals surface area contributed by atoms with Gasteiger partial charge in [0.15, 0.2) is 11.5 Å². The van der Waals surface area contributed by atoms with Crippen molar-refractivity contribution < 1.29 is 19.0 Å². The molecule has 7 heteroatoms. The van der Waals surface area contributed by atoms with E-state index in [0.717, 1.165) is 24.8 Å². The number of rotatable bonds is 7. The molecule has 0 aliphatic heterocycles. The largest absolute Gasteiger partial charge is 0.493 e. The summed E-state index contributed by atoms with van der Waals surface area (Å²) in [7, 11) is 4.74. The lowest BCUT2D eigenvalue weighted by Gasteiger charge is -2.19. The van der Waals surface area contributed by atoms with Crippen LogP contribution >= 0.6 is 0 Å². The Morgan fingerprint density at radius 3 is 2.63 bits per heavy atom. The molecule has 1 heterocycles. The van der Waals surface area contributed by atoms with Crippen LogP contribution in [0.25, 0.3) is 0 Å². The van der Waals surface area contributed by atoms with Crippen LogP contribution in [0.15, 0.2) is 36.5 Å². The Morgan fingerprint density at radius 1 is 1.15 bits per heavy atom. The van der Waals surface area contributed by atoms with Crippen molar-refractivity contribution in [1.82, 2.24) is 9.78 Å². The number of nitrogens with zero attached hydrogens (tertiary/aromatic N) is 2. The molecule has 7 nitrogen and oxygen atoms in total. The van der Waals surface area contributed by atoms with Gasteiger partial charge in [0.1, 0.15) is 5.82 Å². The van der Waals surface area contributed by atoms with Crippen molar-refractivity contribution in [2.75, 3.05) is 26.6 Å². The zero-order valence-electron chi connectivity index (χ0n) is 15.9. The van der Waals surface area contributed by atoms with E-state index in [4.69, 9.17) is 14.2 Å². The first-order valence-corrected chi connectivity index (χ1v) is 8.93. The van der Waals surface area contributed by atoms with Gasteiger partial charge in [-0.15, -0.1) is 0 Å². The molecule has 3 rings (SSSR count). The number of allylic oxidation sites excluding steroid dienone is 2. The predicted molar refractivity (Wildman–Crippen MR) is 103 cm³/mol. The zero-order chi connectivity index (χ0) is 19.2. The summed E-state index contributed by atoms with van der Waals surface area (Å²) >= 11 is 0. The van der Waals surface area contributed by atoms with Gasteiger partial charge in [0.05, 0.1) is 34.1 Å². The van der Waals surface area contributed by atoms with Crippen molar-refractivity contribution in [3.8, 4) is 17.2 Å². The molecule has 0 bridgehead atoms. The number of hydrogen-bond acceptors (Lipinski definition) is 5. The Balaban J connectivity index is 1.80. The van der Waals surface area contributed by atoms with Gasteiger partial charge in [0, 0.05) is 17.5 Å². The van der Waals surface area contributed by atoms with Crippen molar-refractivity contribution in [2.24, 2.45) is 5.92 Å². The van der Waals surface area contributed by atoms with E-state index < -0.39 is 0 Å². The van der Waals surface area contributed by atoms with Crippen LogP contribution in [0, 0.1) is 5.92 Å². The van der Waals surface area contributed by atoms with E-state index in [1.165, 1.54) is 0 Å². The lowest BCUT2D eigenvalue weighted by molar-refractivity contribution is -0.120. The van der Waals surface area contributed by atoms with E-state index in [-0.39, 0.29) is 11.8 Å². The molecule has 1 atom stereocenters. The first-order chi connectivity index (χ1) is 13.2. The Kier molecular flexibility index (Phi) is 6.01. The molecule has 1 amide bonds. The fraction of sp³-hybridized carbons (Fsp3) is 0.400. The average molecular weight is 371 g/mol. The standard InChI is InChI=1S/C20H25N3O4/c1-25-16-10-9-15(18(26-2)19(16)27-3)13-23-17(11-12-21-23)22-20(24)14-7-5-4-6-8-14/h4-5,9-12,14H,6-8,13H2,1-3H3,(H,22,24)/t14-/m0/s1. The summed E-state index contributed by atoms with van der Waals surface area (Å²) in [5, 5.41) is 7.34. The third-order valence-electron chi connectivity index (χ3n) is 4.71. The Bertz CT molecular complexity index is 829. The summed E-state index contributed by atoms with van der Waals surface area (Å²) in [4.78, 5) is 12.5. The first-order valence-electron chi connectivity index (χ1n) is 8.93. The van der Waals surface area contributed by atoms with Gasteiger partial charge < -0.3 is 19.5 Å². The molecule has 1 N–H and O–H groups in total. The van der Waals surface area contributed by atoms with Crippen molar-refractivity contribution in [3.05, 3.63) is 42.1 Å². The lowest BCUT2D eigenvalue weighted by Crippen LogP contribution is -2.25. The summed E-state index contributed by atoms with van der Waals surface area (Å²) < 4.78 is 18.0. The minimum Gasteiger partial charge on any atom is -0.493 e. The van der Waals surface area contributed by atoms with Crippen LogP contribution in [0.3, 0.4) is 0 Å². The Labute approximate surface area is 158 Å². The summed E-state index contributed by atoms with van der Waals surface area (Å²) in [6, 6.07) is 5.52. The molecule has 144 valence electrons. The lowest BCUT2D eigenvalue weighted by atomic mass is 9.94. The third-order valence-corrected chi connectivity index (χ3v) is 4.71. The summed E-state index contributed by atoms with van der Waals surface area (Å²) in [6.45, 7) is 0.427. The molecular formula is C20H25N3O4. The van der Waals surface area contributed by atoms with E-state index in [2.05, 4.69) is 22.6 Å². The fourth-order valence-corrected chi connectivity index (χ4v) is 3.27. The van der Waals surface area contributed by atoms with Crippen LogP contribution in [0.5, 0.6) is 17.2 Å². The van der Waals surface area contributed by atoms with E-state index >= 15 is 0 Å². The number of aromatic nitrogens is 2. The highest BCUT2D eigenvalue weighted by Gasteiger charge is 2.21. The van der Waals surface area contributed by atoms with E-state index in [0.29, 0.717) is 29.6 Å². The van der Waals surface area contributed by atoms with Crippen LogP contribution < -0.4 is 19.5 Å². The van der Waals surface area contributed by atoms with Gasteiger partial charge in [0.2, 0.25) is 11.7 Å². The quantitative estimate of drug-likeness (QED) is 0.756. The SMILES string of the molecule is COc1ccc(Cn2nccc2NC(=O)[C@H]2CC=CCC2)c(OC)c1OC. The highest BCUT2D eigenvalue weighted by Crippen LogP contribution is 2.40. The van der Waals surface area contributed by atoms with Crippen molar-refractivity contribution >= 4 is 11.7 Å². The van der Waals surface area contributed by atoms with Crippen molar-refractivity contribution in [2.45, 2.75) is 25.8 Å². The van der Waals surface area contributed by atoms with Gasteiger partial charge in [-0.2, -0.15) is 5.10 Å². The van der Waals surface area contributed by atoms with Gasteiger partial charge in [-0.05, 0) is 31.4 Å². The maximum Gasteiger partial charge on any atom is 0.228 e. The molecular weight excluding hydrogens is 346 g/mol. The Hall–Kier alpha value is -2.96. The maximum absolute atomic E-state index is 12.5. The van der Waals surface area contributed by atoms with Crippen LogP contribution in [-0.4, -0.2) is 37.0 Å². The molecule has 2 aromatic rings. The van der Waals surface area contributed by atoms with Crippen LogP contribution in [0.4, 0.5) is 5.82 Å². The van der Waals surface area contributed by atoms with Gasteiger partial charge in [0.25, 0.3) is 0 Å². The maximum atomic E-state index is 12.5. The minimum atomic E-state index is 0.00830. The number of benzene rings is 1. The number of carbonyl (C=O) groups is 1. The van der Waals surface area contributed by atoms with Gasteiger partial charge in [-0.25, -0.2) is 4.68 Å². The normalized spacial score (nSPS) is 16.0.